The van der Waals surface area contributed by atoms with Crippen LogP contribution in [0.2, 0.25) is 0 Å². The van der Waals surface area contributed by atoms with Crippen molar-refractivity contribution in [1.29, 1.82) is 5.41 Å². The Hall–Kier alpha value is -1.71. The number of thiazole rings is 1. The molecule has 1 heterocycles. The molecule has 1 amide bonds. The zero-order chi connectivity index (χ0) is 14.7. The van der Waals surface area contributed by atoms with Crippen LogP contribution in [0.25, 0.3) is 0 Å². The number of amides is 1. The second kappa shape index (κ2) is 7.34. The molecule has 112 valence electrons. The van der Waals surface area contributed by atoms with Gasteiger partial charge in [-0.05, 0) is 22.0 Å². The molecule has 7 nitrogen and oxygen atoms in total. The minimum absolute atomic E-state index is 0. The van der Waals surface area contributed by atoms with E-state index in [-0.39, 0.29) is 35.3 Å². The number of nitro groups is 1. The third kappa shape index (κ3) is 4.38. The number of nitrogens with one attached hydrogen (secondary N) is 2. The molecule has 0 unspecified atom stereocenters. The van der Waals surface area contributed by atoms with Crippen molar-refractivity contribution in [1.82, 2.24) is 4.57 Å². The highest BCUT2D eigenvalue weighted by Crippen LogP contribution is 2.27. The zero-order valence-electron chi connectivity index (χ0n) is 10.4. The van der Waals surface area contributed by atoms with Gasteiger partial charge in [0.1, 0.15) is 6.54 Å². The number of hydrogen-bond acceptors (Lipinski definition) is 5. The van der Waals surface area contributed by atoms with Crippen molar-refractivity contribution < 1.29 is 9.72 Å². The Morgan fingerprint density at radius 3 is 2.76 bits per heavy atom. The van der Waals surface area contributed by atoms with Crippen LogP contribution in [0.1, 0.15) is 0 Å². The summed E-state index contributed by atoms with van der Waals surface area (Å²) >= 11 is 4.40. The molecule has 21 heavy (non-hydrogen) atoms. The first-order valence-electron chi connectivity index (χ1n) is 5.39. The predicted octanol–water partition coefficient (Wildman–Crippen LogP) is 2.76. The summed E-state index contributed by atoms with van der Waals surface area (Å²) in [5.74, 6) is -0.309. The largest absolute Gasteiger partial charge is 0.323 e. The fourth-order valence-electron chi connectivity index (χ4n) is 1.49. The molecule has 0 bridgehead atoms. The van der Waals surface area contributed by atoms with Gasteiger partial charge in [0, 0.05) is 28.2 Å². The van der Waals surface area contributed by atoms with Crippen LogP contribution in [-0.4, -0.2) is 15.4 Å². The zero-order valence-corrected chi connectivity index (χ0v) is 13.6. The van der Waals surface area contributed by atoms with E-state index >= 15 is 0 Å². The molecule has 2 N–H and O–H groups in total. The van der Waals surface area contributed by atoms with Gasteiger partial charge in [0.25, 0.3) is 5.69 Å². The van der Waals surface area contributed by atoms with Gasteiger partial charge in [0.2, 0.25) is 5.91 Å². The van der Waals surface area contributed by atoms with Crippen molar-refractivity contribution in [3.05, 3.63) is 49.2 Å². The lowest BCUT2D eigenvalue weighted by molar-refractivity contribution is -0.384. The topological polar surface area (TPSA) is 101 Å². The van der Waals surface area contributed by atoms with Gasteiger partial charge >= 0.3 is 0 Å². The Morgan fingerprint density at radius 2 is 2.24 bits per heavy atom. The van der Waals surface area contributed by atoms with Crippen LogP contribution >= 0.6 is 39.7 Å². The quantitative estimate of drug-likeness (QED) is 0.617. The number of carbonyl (C=O) groups is 1. The Kier molecular flexibility index (Phi) is 6.06. The van der Waals surface area contributed by atoms with E-state index in [4.69, 9.17) is 5.41 Å². The molecule has 0 saturated heterocycles. The van der Waals surface area contributed by atoms with Gasteiger partial charge in [-0.15, -0.1) is 23.7 Å². The molecule has 0 aliphatic carbocycles. The molecule has 0 aliphatic heterocycles. The number of hydrogen-bond donors (Lipinski definition) is 2. The highest BCUT2D eigenvalue weighted by atomic mass is 79.9. The van der Waals surface area contributed by atoms with Crippen molar-refractivity contribution in [3.8, 4) is 0 Å². The van der Waals surface area contributed by atoms with Crippen LogP contribution in [-0.2, 0) is 11.3 Å². The molecule has 0 saturated carbocycles. The number of nitro benzene ring substituents is 1. The third-order valence-corrected chi connectivity index (χ3v) is 3.80. The molecular formula is C11H10BrClN4O3S. The van der Waals surface area contributed by atoms with Gasteiger partial charge in [0.15, 0.2) is 4.80 Å². The molecule has 10 heteroatoms. The first-order chi connectivity index (χ1) is 9.47. The number of nitrogens with zero attached hydrogens (tertiary/aromatic N) is 2. The summed E-state index contributed by atoms with van der Waals surface area (Å²) in [5.41, 5.74) is 0.387. The monoisotopic (exact) mass is 392 g/mol. The number of non-ortho nitro benzene ring substituents is 1. The van der Waals surface area contributed by atoms with Crippen LogP contribution in [0.4, 0.5) is 11.4 Å². The molecule has 2 rings (SSSR count). The van der Waals surface area contributed by atoms with Gasteiger partial charge in [-0.1, -0.05) is 0 Å². The van der Waals surface area contributed by atoms with Crippen molar-refractivity contribution in [3.63, 3.8) is 0 Å². The van der Waals surface area contributed by atoms with Crippen LogP contribution in [0.15, 0.2) is 34.2 Å². The summed E-state index contributed by atoms with van der Waals surface area (Å²) in [4.78, 5) is 22.2. The predicted molar refractivity (Wildman–Crippen MR) is 84.8 cm³/mol. The van der Waals surface area contributed by atoms with E-state index < -0.39 is 4.92 Å². The summed E-state index contributed by atoms with van der Waals surface area (Å²) in [6.07, 6.45) is 1.65. The Morgan fingerprint density at radius 1 is 1.52 bits per heavy atom. The van der Waals surface area contributed by atoms with E-state index in [1.54, 1.807) is 11.6 Å². The van der Waals surface area contributed by atoms with Crippen molar-refractivity contribution >= 4 is 57.0 Å². The average molecular weight is 394 g/mol. The lowest BCUT2D eigenvalue weighted by Gasteiger charge is -2.07. The molecule has 1 aromatic heterocycles. The molecule has 1 aromatic carbocycles. The first-order valence-corrected chi connectivity index (χ1v) is 7.07. The molecule has 0 fully saturated rings. The second-order valence-electron chi connectivity index (χ2n) is 3.81. The van der Waals surface area contributed by atoms with Gasteiger partial charge in [-0.3, -0.25) is 20.3 Å². The normalized spacial score (nSPS) is 9.76. The number of carbonyl (C=O) groups excluding carboxylic acids is 1. The van der Waals surface area contributed by atoms with E-state index in [0.29, 0.717) is 10.2 Å². The standard InChI is InChI=1S/C11H9BrN4O3S.ClH/c12-8-5-7(16(18)19)1-2-9(8)14-10(17)6-15-3-4-20-11(15)13;/h1-5,13H,6H2,(H,14,17);1H. The van der Waals surface area contributed by atoms with Gasteiger partial charge < -0.3 is 9.88 Å². The molecule has 0 radical (unpaired) electrons. The lowest BCUT2D eigenvalue weighted by atomic mass is 10.3. The van der Waals surface area contributed by atoms with E-state index in [1.165, 1.54) is 34.1 Å². The number of rotatable bonds is 4. The highest BCUT2D eigenvalue weighted by molar-refractivity contribution is 9.10. The second-order valence-corrected chi connectivity index (χ2v) is 5.55. The highest BCUT2D eigenvalue weighted by Gasteiger charge is 2.11. The van der Waals surface area contributed by atoms with Crippen LogP contribution < -0.4 is 10.1 Å². The smallest absolute Gasteiger partial charge is 0.270 e. The minimum atomic E-state index is -0.510. The third-order valence-electron chi connectivity index (χ3n) is 2.43. The van der Waals surface area contributed by atoms with Crippen LogP contribution in [0, 0.1) is 15.5 Å². The molecule has 0 atom stereocenters. The molecular weight excluding hydrogens is 384 g/mol. The average Bonchev–Trinajstić information content (AvgIpc) is 2.77. The summed E-state index contributed by atoms with van der Waals surface area (Å²) in [5, 5.41) is 22.5. The molecule has 0 aliphatic rings. The molecule has 0 spiro atoms. The minimum Gasteiger partial charge on any atom is -0.323 e. The summed E-state index contributed by atoms with van der Waals surface area (Å²) < 4.78 is 1.93. The maximum absolute atomic E-state index is 11.8. The number of aromatic nitrogens is 1. The van der Waals surface area contributed by atoms with E-state index in [1.807, 2.05) is 0 Å². The molecule has 2 aromatic rings. The van der Waals surface area contributed by atoms with E-state index in [9.17, 15) is 14.9 Å². The van der Waals surface area contributed by atoms with Crippen molar-refractivity contribution in [2.75, 3.05) is 5.32 Å². The fraction of sp³-hybridized carbons (Fsp3) is 0.0909. The van der Waals surface area contributed by atoms with E-state index in [0.717, 1.165) is 0 Å². The first kappa shape index (κ1) is 17.3. The maximum atomic E-state index is 11.8. The van der Waals surface area contributed by atoms with Crippen LogP contribution in [0.5, 0.6) is 0 Å². The van der Waals surface area contributed by atoms with Crippen LogP contribution in [0.3, 0.4) is 0 Å². The van der Waals surface area contributed by atoms with Crippen molar-refractivity contribution in [2.24, 2.45) is 0 Å². The number of benzene rings is 1. The SMILES string of the molecule is Cl.N=c1sccn1CC(=O)Nc1ccc([N+](=O)[O-])cc1Br. The summed E-state index contributed by atoms with van der Waals surface area (Å²) in [6.45, 7) is 0.0196. The van der Waals surface area contributed by atoms with Gasteiger partial charge in [-0.2, -0.15) is 0 Å². The maximum Gasteiger partial charge on any atom is 0.270 e. The Labute approximate surface area is 137 Å². The number of halogens is 2. The lowest BCUT2D eigenvalue weighted by Crippen LogP contribution is -2.23. The Bertz CT molecular complexity index is 730. The van der Waals surface area contributed by atoms with Gasteiger partial charge in [-0.25, -0.2) is 0 Å². The number of anilines is 1. The van der Waals surface area contributed by atoms with E-state index in [2.05, 4.69) is 21.2 Å². The fourth-order valence-corrected chi connectivity index (χ4v) is 2.55. The summed E-state index contributed by atoms with van der Waals surface area (Å²) in [6, 6.07) is 4.09. The van der Waals surface area contributed by atoms with Crippen molar-refractivity contribution in [2.45, 2.75) is 6.54 Å². The van der Waals surface area contributed by atoms with Gasteiger partial charge in [0.05, 0.1) is 10.6 Å². The Balaban J connectivity index is 0.00000220. The summed E-state index contributed by atoms with van der Waals surface area (Å²) in [7, 11) is 0.